The first-order chi connectivity index (χ1) is 8.72. The molecule has 6 heteroatoms. The molecule has 0 saturated carbocycles. The van der Waals surface area contributed by atoms with Crippen molar-refractivity contribution in [3.05, 3.63) is 24.3 Å². The summed E-state index contributed by atoms with van der Waals surface area (Å²) in [4.78, 5) is 16.8. The number of rotatable bonds is 4. The van der Waals surface area contributed by atoms with E-state index in [4.69, 9.17) is 15.3 Å². The lowest BCUT2D eigenvalue weighted by Gasteiger charge is -2.05. The second-order valence-electron chi connectivity index (χ2n) is 3.89. The molecule has 96 valence electrons. The number of carbonyl (C=O) groups excluding carboxylic acids is 1. The second kappa shape index (κ2) is 5.50. The topological polar surface area (TPSA) is 85.9 Å². The summed E-state index contributed by atoms with van der Waals surface area (Å²) in [5.74, 6) is 0.467. The molecule has 0 aromatic heterocycles. The van der Waals surface area contributed by atoms with Gasteiger partial charge in [-0.3, -0.25) is 4.79 Å². The lowest BCUT2D eigenvalue weighted by Crippen LogP contribution is -2.25. The fourth-order valence-corrected chi connectivity index (χ4v) is 1.57. The molecule has 0 aliphatic carbocycles. The Labute approximate surface area is 105 Å². The van der Waals surface area contributed by atoms with Crippen molar-refractivity contribution in [3.8, 4) is 5.75 Å². The minimum atomic E-state index is -0.267. The average molecular weight is 249 g/mol. The summed E-state index contributed by atoms with van der Waals surface area (Å²) in [6.07, 6.45) is 0.250. The Morgan fingerprint density at radius 1 is 1.56 bits per heavy atom. The van der Waals surface area contributed by atoms with Crippen molar-refractivity contribution in [2.24, 2.45) is 10.9 Å². The molecule has 1 aliphatic heterocycles. The quantitative estimate of drug-likeness (QED) is 0.824. The molecule has 0 fully saturated rings. The summed E-state index contributed by atoms with van der Waals surface area (Å²) >= 11 is 0. The maximum Gasteiger partial charge on any atom is 0.273 e. The standard InChI is InChI=1S/C12H15N3O3/c1-17-9-4-2-8(3-5-9)14-12(16)11-6-10(7-13)18-15-11/h2-5,10H,6-7,13H2,1H3,(H,14,16)/t10-/m0/s1. The van der Waals surface area contributed by atoms with E-state index in [1.54, 1.807) is 31.4 Å². The SMILES string of the molecule is COc1ccc(NC(=O)C2=NO[C@H](CN)C2)cc1. The van der Waals surface area contributed by atoms with Crippen LogP contribution in [0.25, 0.3) is 0 Å². The molecule has 0 unspecified atom stereocenters. The number of nitrogens with two attached hydrogens (primary N) is 1. The van der Waals surface area contributed by atoms with Crippen molar-refractivity contribution in [3.63, 3.8) is 0 Å². The number of ether oxygens (including phenoxy) is 1. The van der Waals surface area contributed by atoms with Crippen LogP contribution >= 0.6 is 0 Å². The molecule has 1 amide bonds. The van der Waals surface area contributed by atoms with Crippen LogP contribution in [-0.2, 0) is 9.63 Å². The van der Waals surface area contributed by atoms with Crippen LogP contribution in [0.2, 0.25) is 0 Å². The zero-order valence-corrected chi connectivity index (χ0v) is 10.1. The summed E-state index contributed by atoms with van der Waals surface area (Å²) in [5.41, 5.74) is 6.48. The largest absolute Gasteiger partial charge is 0.497 e. The van der Waals surface area contributed by atoms with Gasteiger partial charge in [0.25, 0.3) is 5.91 Å². The Bertz CT molecular complexity index is 456. The third kappa shape index (κ3) is 2.78. The van der Waals surface area contributed by atoms with Gasteiger partial charge in [-0.1, -0.05) is 5.16 Å². The van der Waals surface area contributed by atoms with Gasteiger partial charge in [-0.15, -0.1) is 0 Å². The Hall–Kier alpha value is -2.08. The van der Waals surface area contributed by atoms with Crippen molar-refractivity contribution in [1.29, 1.82) is 0 Å². The van der Waals surface area contributed by atoms with Crippen molar-refractivity contribution in [2.75, 3.05) is 19.0 Å². The van der Waals surface area contributed by atoms with Gasteiger partial charge in [0.2, 0.25) is 0 Å². The second-order valence-corrected chi connectivity index (χ2v) is 3.89. The van der Waals surface area contributed by atoms with E-state index in [0.717, 1.165) is 5.75 Å². The lowest BCUT2D eigenvalue weighted by atomic mass is 10.1. The van der Waals surface area contributed by atoms with Gasteiger partial charge in [-0.2, -0.15) is 0 Å². The molecule has 3 N–H and O–H groups in total. The molecule has 1 atom stereocenters. The summed E-state index contributed by atoms with van der Waals surface area (Å²) in [7, 11) is 1.59. The van der Waals surface area contributed by atoms with Gasteiger partial charge in [0.1, 0.15) is 17.6 Å². The number of hydrogen-bond donors (Lipinski definition) is 2. The summed E-state index contributed by atoms with van der Waals surface area (Å²) in [6, 6.07) is 7.05. The smallest absolute Gasteiger partial charge is 0.273 e. The summed E-state index contributed by atoms with van der Waals surface area (Å²) in [6.45, 7) is 0.350. The minimum Gasteiger partial charge on any atom is -0.497 e. The summed E-state index contributed by atoms with van der Waals surface area (Å²) in [5, 5.41) is 6.45. The van der Waals surface area contributed by atoms with Gasteiger partial charge < -0.3 is 20.6 Å². The van der Waals surface area contributed by atoms with E-state index in [-0.39, 0.29) is 12.0 Å². The van der Waals surface area contributed by atoms with E-state index < -0.39 is 0 Å². The van der Waals surface area contributed by atoms with Gasteiger partial charge in [-0.25, -0.2) is 0 Å². The lowest BCUT2D eigenvalue weighted by molar-refractivity contribution is -0.110. The monoisotopic (exact) mass is 249 g/mol. The molecule has 2 rings (SSSR count). The molecule has 6 nitrogen and oxygen atoms in total. The number of methoxy groups -OCH3 is 1. The van der Waals surface area contributed by atoms with E-state index in [2.05, 4.69) is 10.5 Å². The van der Waals surface area contributed by atoms with Gasteiger partial charge in [-0.05, 0) is 24.3 Å². The predicted octanol–water partition coefficient (Wildman–Crippen LogP) is 0.737. The number of oxime groups is 1. The maximum absolute atomic E-state index is 11.8. The molecular formula is C12H15N3O3. The summed E-state index contributed by atoms with van der Waals surface area (Å²) < 4.78 is 5.03. The molecule has 1 aliphatic rings. The van der Waals surface area contributed by atoms with Crippen LogP contribution in [0.1, 0.15) is 6.42 Å². The highest BCUT2D eigenvalue weighted by Gasteiger charge is 2.24. The molecule has 1 aromatic rings. The van der Waals surface area contributed by atoms with Crippen LogP contribution in [0, 0.1) is 0 Å². The normalized spacial score (nSPS) is 17.9. The number of hydrogen-bond acceptors (Lipinski definition) is 5. The highest BCUT2D eigenvalue weighted by Crippen LogP contribution is 2.16. The Morgan fingerprint density at radius 3 is 2.83 bits per heavy atom. The Morgan fingerprint density at radius 2 is 2.28 bits per heavy atom. The van der Waals surface area contributed by atoms with Crippen LogP contribution in [0.4, 0.5) is 5.69 Å². The molecule has 1 aromatic carbocycles. The third-order valence-corrected chi connectivity index (χ3v) is 2.61. The molecule has 0 radical (unpaired) electrons. The van der Waals surface area contributed by atoms with Crippen molar-refractivity contribution < 1.29 is 14.4 Å². The number of benzene rings is 1. The van der Waals surface area contributed by atoms with Gasteiger partial charge in [0, 0.05) is 18.7 Å². The molecule has 0 saturated heterocycles. The van der Waals surface area contributed by atoms with E-state index in [1.165, 1.54) is 0 Å². The zero-order chi connectivity index (χ0) is 13.0. The third-order valence-electron chi connectivity index (χ3n) is 2.61. The van der Waals surface area contributed by atoms with Crippen molar-refractivity contribution in [1.82, 2.24) is 0 Å². The average Bonchev–Trinajstić information content (AvgIpc) is 2.88. The van der Waals surface area contributed by atoms with Gasteiger partial charge >= 0.3 is 0 Å². The zero-order valence-electron chi connectivity index (χ0n) is 10.1. The number of carbonyl (C=O) groups is 1. The fourth-order valence-electron chi connectivity index (χ4n) is 1.57. The van der Waals surface area contributed by atoms with E-state index in [0.29, 0.717) is 24.4 Å². The van der Waals surface area contributed by atoms with Crippen LogP contribution in [0.15, 0.2) is 29.4 Å². The number of amides is 1. The van der Waals surface area contributed by atoms with Crippen LogP contribution in [-0.4, -0.2) is 31.4 Å². The Kier molecular flexibility index (Phi) is 3.78. The van der Waals surface area contributed by atoms with E-state index in [9.17, 15) is 4.79 Å². The molecule has 0 bridgehead atoms. The molecular weight excluding hydrogens is 234 g/mol. The first kappa shape index (κ1) is 12.4. The predicted molar refractivity (Wildman–Crippen MR) is 67.6 cm³/mol. The maximum atomic E-state index is 11.8. The van der Waals surface area contributed by atoms with E-state index >= 15 is 0 Å². The fraction of sp³-hybridized carbons (Fsp3) is 0.333. The molecule has 1 heterocycles. The van der Waals surface area contributed by atoms with Crippen molar-refractivity contribution in [2.45, 2.75) is 12.5 Å². The first-order valence-electron chi connectivity index (χ1n) is 5.61. The van der Waals surface area contributed by atoms with Crippen molar-refractivity contribution >= 4 is 17.3 Å². The highest BCUT2D eigenvalue weighted by atomic mass is 16.6. The number of nitrogens with zero attached hydrogens (tertiary/aromatic N) is 1. The van der Waals surface area contributed by atoms with E-state index in [1.807, 2.05) is 0 Å². The number of nitrogens with one attached hydrogen (secondary N) is 1. The molecule has 18 heavy (non-hydrogen) atoms. The molecule has 0 spiro atoms. The van der Waals surface area contributed by atoms with Gasteiger partial charge in [0.15, 0.2) is 0 Å². The first-order valence-corrected chi connectivity index (χ1v) is 5.61. The minimum absolute atomic E-state index is 0.193. The Balaban J connectivity index is 1.95. The van der Waals surface area contributed by atoms with Crippen LogP contribution in [0.3, 0.4) is 0 Å². The van der Waals surface area contributed by atoms with Crippen LogP contribution < -0.4 is 15.8 Å². The van der Waals surface area contributed by atoms with Crippen LogP contribution in [0.5, 0.6) is 5.75 Å². The highest BCUT2D eigenvalue weighted by molar-refractivity contribution is 6.43. The van der Waals surface area contributed by atoms with Gasteiger partial charge in [0.05, 0.1) is 7.11 Å². The number of anilines is 1.